The maximum atomic E-state index is 10.9. The monoisotopic (exact) mass is 259 g/mol. The van der Waals surface area contributed by atoms with E-state index in [1.165, 1.54) is 5.56 Å². The number of H-pyrrole nitrogens is 1. The van der Waals surface area contributed by atoms with Crippen LogP contribution in [0.15, 0.2) is 24.4 Å². The number of nitro groups is 1. The second-order valence-corrected chi connectivity index (χ2v) is 5.31. The van der Waals surface area contributed by atoms with Crippen LogP contribution in [0.5, 0.6) is 0 Å². The SMILES string of the molecule is CN1CCC(c2c[nH]c3ccc([N+](=O)[O-])cc23)CC1. The molecule has 1 fully saturated rings. The molecule has 1 aromatic carbocycles. The first-order valence-electron chi connectivity index (χ1n) is 6.59. The Morgan fingerprint density at radius 3 is 2.79 bits per heavy atom. The number of hydrogen-bond acceptors (Lipinski definition) is 3. The molecule has 3 rings (SSSR count). The van der Waals surface area contributed by atoms with Gasteiger partial charge < -0.3 is 9.88 Å². The van der Waals surface area contributed by atoms with Gasteiger partial charge >= 0.3 is 0 Å². The van der Waals surface area contributed by atoms with E-state index in [1.807, 2.05) is 6.20 Å². The van der Waals surface area contributed by atoms with E-state index in [2.05, 4.69) is 16.9 Å². The summed E-state index contributed by atoms with van der Waals surface area (Å²) >= 11 is 0. The van der Waals surface area contributed by atoms with E-state index in [4.69, 9.17) is 0 Å². The van der Waals surface area contributed by atoms with Gasteiger partial charge in [-0.15, -0.1) is 0 Å². The summed E-state index contributed by atoms with van der Waals surface area (Å²) in [6.45, 7) is 2.18. The van der Waals surface area contributed by atoms with Gasteiger partial charge in [-0.3, -0.25) is 10.1 Å². The number of benzene rings is 1. The van der Waals surface area contributed by atoms with Crippen molar-refractivity contribution in [3.63, 3.8) is 0 Å². The average Bonchev–Trinajstić information content (AvgIpc) is 2.82. The molecule has 5 nitrogen and oxygen atoms in total. The predicted molar refractivity (Wildman–Crippen MR) is 74.4 cm³/mol. The molecule has 1 N–H and O–H groups in total. The zero-order chi connectivity index (χ0) is 13.4. The quantitative estimate of drug-likeness (QED) is 0.666. The largest absolute Gasteiger partial charge is 0.361 e. The van der Waals surface area contributed by atoms with Crippen LogP contribution in [0.25, 0.3) is 10.9 Å². The Hall–Kier alpha value is -1.88. The lowest BCUT2D eigenvalue weighted by molar-refractivity contribution is -0.384. The number of fused-ring (bicyclic) bond motifs is 1. The third-order valence-electron chi connectivity index (χ3n) is 4.07. The fraction of sp³-hybridized carbons (Fsp3) is 0.429. The molecular formula is C14H17N3O2. The fourth-order valence-electron chi connectivity index (χ4n) is 2.90. The average molecular weight is 259 g/mol. The van der Waals surface area contributed by atoms with Crippen LogP contribution in [0.2, 0.25) is 0 Å². The summed E-state index contributed by atoms with van der Waals surface area (Å²) in [7, 11) is 2.14. The van der Waals surface area contributed by atoms with Crippen molar-refractivity contribution in [1.82, 2.24) is 9.88 Å². The number of aromatic amines is 1. The van der Waals surface area contributed by atoms with Gasteiger partial charge in [-0.05, 0) is 50.5 Å². The van der Waals surface area contributed by atoms with E-state index in [-0.39, 0.29) is 10.6 Å². The summed E-state index contributed by atoms with van der Waals surface area (Å²) < 4.78 is 0. The number of piperidine rings is 1. The van der Waals surface area contributed by atoms with Crippen LogP contribution >= 0.6 is 0 Å². The molecule has 2 aromatic rings. The molecule has 2 heterocycles. The second-order valence-electron chi connectivity index (χ2n) is 5.31. The molecule has 0 radical (unpaired) electrons. The van der Waals surface area contributed by atoms with Gasteiger partial charge in [0.2, 0.25) is 0 Å². The van der Waals surface area contributed by atoms with Crippen molar-refractivity contribution in [3.8, 4) is 0 Å². The summed E-state index contributed by atoms with van der Waals surface area (Å²) in [5.41, 5.74) is 2.38. The molecule has 0 unspecified atom stereocenters. The summed E-state index contributed by atoms with van der Waals surface area (Å²) in [4.78, 5) is 16.1. The van der Waals surface area contributed by atoms with Crippen LogP contribution in [0.3, 0.4) is 0 Å². The summed E-state index contributed by atoms with van der Waals surface area (Å²) in [5, 5.41) is 11.9. The normalized spacial score (nSPS) is 17.9. The Bertz CT molecular complexity index is 612. The number of likely N-dealkylation sites (tertiary alicyclic amines) is 1. The van der Waals surface area contributed by atoms with Gasteiger partial charge in [-0.1, -0.05) is 0 Å². The highest BCUT2D eigenvalue weighted by Crippen LogP contribution is 2.34. The molecule has 19 heavy (non-hydrogen) atoms. The topological polar surface area (TPSA) is 62.2 Å². The van der Waals surface area contributed by atoms with Crippen molar-refractivity contribution in [3.05, 3.63) is 40.1 Å². The molecule has 100 valence electrons. The first-order chi connectivity index (χ1) is 9.15. The number of rotatable bonds is 2. The van der Waals surface area contributed by atoms with Gasteiger partial charge in [0.1, 0.15) is 0 Å². The van der Waals surface area contributed by atoms with Gasteiger partial charge in [0.25, 0.3) is 5.69 Å². The molecular weight excluding hydrogens is 242 g/mol. The Balaban J connectivity index is 1.99. The summed E-state index contributed by atoms with van der Waals surface area (Å²) in [5.74, 6) is 0.506. The van der Waals surface area contributed by atoms with E-state index in [0.717, 1.165) is 36.8 Å². The number of aromatic nitrogens is 1. The van der Waals surface area contributed by atoms with Gasteiger partial charge in [0, 0.05) is 29.2 Å². The van der Waals surface area contributed by atoms with Crippen LogP contribution < -0.4 is 0 Å². The standard InChI is InChI=1S/C14H17N3O2/c1-16-6-4-10(5-7-16)13-9-15-14-3-2-11(17(18)19)8-12(13)14/h2-3,8-10,15H,4-7H2,1H3. The van der Waals surface area contributed by atoms with Crippen LogP contribution in [0.1, 0.15) is 24.3 Å². The molecule has 0 spiro atoms. The van der Waals surface area contributed by atoms with Gasteiger partial charge in [0.15, 0.2) is 0 Å². The Morgan fingerprint density at radius 1 is 1.37 bits per heavy atom. The van der Waals surface area contributed by atoms with Crippen molar-refractivity contribution in [2.75, 3.05) is 20.1 Å². The molecule has 1 aliphatic heterocycles. The molecule has 1 aliphatic rings. The molecule has 0 saturated carbocycles. The first kappa shape index (κ1) is 12.2. The van der Waals surface area contributed by atoms with Crippen molar-refractivity contribution < 1.29 is 4.92 Å². The minimum Gasteiger partial charge on any atom is -0.361 e. The molecule has 0 atom stereocenters. The number of hydrogen-bond donors (Lipinski definition) is 1. The molecule has 0 aliphatic carbocycles. The van der Waals surface area contributed by atoms with Crippen LogP contribution in [-0.2, 0) is 0 Å². The van der Waals surface area contributed by atoms with Crippen molar-refractivity contribution in [2.45, 2.75) is 18.8 Å². The number of nitrogens with one attached hydrogen (secondary N) is 1. The molecule has 5 heteroatoms. The van der Waals surface area contributed by atoms with Gasteiger partial charge in [-0.2, -0.15) is 0 Å². The minimum absolute atomic E-state index is 0.168. The number of nitro benzene ring substituents is 1. The number of non-ortho nitro benzene ring substituents is 1. The molecule has 1 saturated heterocycles. The first-order valence-corrected chi connectivity index (χ1v) is 6.59. The van der Waals surface area contributed by atoms with Gasteiger partial charge in [-0.25, -0.2) is 0 Å². The van der Waals surface area contributed by atoms with Crippen LogP contribution in [0, 0.1) is 10.1 Å². The third-order valence-corrected chi connectivity index (χ3v) is 4.07. The second kappa shape index (κ2) is 4.66. The highest BCUT2D eigenvalue weighted by atomic mass is 16.6. The lowest BCUT2D eigenvalue weighted by atomic mass is 9.89. The fourth-order valence-corrected chi connectivity index (χ4v) is 2.90. The minimum atomic E-state index is -0.329. The predicted octanol–water partition coefficient (Wildman–Crippen LogP) is 2.89. The van der Waals surface area contributed by atoms with E-state index in [0.29, 0.717) is 5.92 Å². The summed E-state index contributed by atoms with van der Waals surface area (Å²) in [6.07, 6.45) is 4.25. The zero-order valence-electron chi connectivity index (χ0n) is 10.9. The van der Waals surface area contributed by atoms with Crippen molar-refractivity contribution >= 4 is 16.6 Å². The van der Waals surface area contributed by atoms with E-state index < -0.39 is 0 Å². The molecule has 0 amide bonds. The smallest absolute Gasteiger partial charge is 0.270 e. The summed E-state index contributed by atoms with van der Waals surface area (Å²) in [6, 6.07) is 5.04. The van der Waals surface area contributed by atoms with Gasteiger partial charge in [0.05, 0.1) is 4.92 Å². The maximum absolute atomic E-state index is 10.9. The van der Waals surface area contributed by atoms with E-state index in [9.17, 15) is 10.1 Å². The Kier molecular flexibility index (Phi) is 2.98. The third kappa shape index (κ3) is 2.21. The Morgan fingerprint density at radius 2 is 2.11 bits per heavy atom. The highest BCUT2D eigenvalue weighted by Gasteiger charge is 2.21. The highest BCUT2D eigenvalue weighted by molar-refractivity contribution is 5.85. The lowest BCUT2D eigenvalue weighted by Crippen LogP contribution is -2.29. The Labute approximate surface area is 111 Å². The van der Waals surface area contributed by atoms with Crippen molar-refractivity contribution in [2.24, 2.45) is 0 Å². The van der Waals surface area contributed by atoms with Crippen LogP contribution in [0.4, 0.5) is 5.69 Å². The van der Waals surface area contributed by atoms with E-state index in [1.54, 1.807) is 18.2 Å². The zero-order valence-corrected chi connectivity index (χ0v) is 10.9. The number of nitrogens with zero attached hydrogens (tertiary/aromatic N) is 2. The lowest BCUT2D eigenvalue weighted by Gasteiger charge is -2.28. The maximum Gasteiger partial charge on any atom is 0.270 e. The van der Waals surface area contributed by atoms with E-state index >= 15 is 0 Å². The molecule has 1 aromatic heterocycles. The molecule has 0 bridgehead atoms. The van der Waals surface area contributed by atoms with Crippen molar-refractivity contribution in [1.29, 1.82) is 0 Å². The van der Waals surface area contributed by atoms with Crippen LogP contribution in [-0.4, -0.2) is 34.9 Å².